The van der Waals surface area contributed by atoms with Crippen LogP contribution in [0.1, 0.15) is 13.8 Å². The summed E-state index contributed by atoms with van der Waals surface area (Å²) in [5.74, 6) is -2.67. The Labute approximate surface area is 72.8 Å². The Morgan fingerprint density at radius 3 is 1.69 bits per heavy atom. The summed E-state index contributed by atoms with van der Waals surface area (Å²) >= 11 is 0. The van der Waals surface area contributed by atoms with Crippen LogP contribution in [-0.4, -0.2) is 22.6 Å². The van der Waals surface area contributed by atoms with E-state index in [-0.39, 0.29) is 0 Å². The molecule has 0 spiro atoms. The standard InChI is InChI=1S/C6H6F2O4P/c1-5-6(2,13(5,7)8)12-4(10)3(9)11-5/h1-2H3/q+1. The Morgan fingerprint density at radius 2 is 1.38 bits per heavy atom. The highest BCUT2D eigenvalue weighted by atomic mass is 31.2. The summed E-state index contributed by atoms with van der Waals surface area (Å²) in [5, 5.41) is -3.77. The Kier molecular flexibility index (Phi) is 1.25. The molecule has 7 heteroatoms. The van der Waals surface area contributed by atoms with Crippen LogP contribution >= 0.6 is 7.88 Å². The van der Waals surface area contributed by atoms with E-state index < -0.39 is 30.5 Å². The Morgan fingerprint density at radius 1 is 1.08 bits per heavy atom. The minimum atomic E-state index is -4.48. The summed E-state index contributed by atoms with van der Waals surface area (Å²) in [7, 11) is -4.48. The van der Waals surface area contributed by atoms with E-state index in [4.69, 9.17) is 0 Å². The molecule has 0 saturated carbocycles. The van der Waals surface area contributed by atoms with Crippen LogP contribution in [0.5, 0.6) is 0 Å². The van der Waals surface area contributed by atoms with Crippen molar-refractivity contribution >= 4 is 19.8 Å². The van der Waals surface area contributed by atoms with E-state index in [0.29, 0.717) is 0 Å². The van der Waals surface area contributed by atoms with E-state index in [0.717, 1.165) is 13.8 Å². The Bertz CT molecular complexity index is 301. The number of fused-ring (bicyclic) bond motifs is 1. The van der Waals surface area contributed by atoms with Gasteiger partial charge < -0.3 is 9.47 Å². The zero-order valence-corrected chi connectivity index (χ0v) is 7.73. The second kappa shape index (κ2) is 1.85. The lowest BCUT2D eigenvalue weighted by Gasteiger charge is -2.14. The molecule has 2 unspecified atom stereocenters. The molecule has 0 aromatic carbocycles. The molecule has 2 aliphatic rings. The van der Waals surface area contributed by atoms with Gasteiger partial charge in [-0.05, 0) is 8.39 Å². The Balaban J connectivity index is 2.41. The van der Waals surface area contributed by atoms with Crippen LogP contribution in [0, 0.1) is 0 Å². The summed E-state index contributed by atoms with van der Waals surface area (Å²) in [4.78, 5) is 21.3. The molecule has 13 heavy (non-hydrogen) atoms. The summed E-state index contributed by atoms with van der Waals surface area (Å²) < 4.78 is 35.1. The van der Waals surface area contributed by atoms with E-state index in [1.807, 2.05) is 0 Å². The summed E-state index contributed by atoms with van der Waals surface area (Å²) in [6.45, 7) is 2.18. The average Bonchev–Trinajstić information content (AvgIpc) is 2.30. The molecule has 2 aliphatic heterocycles. The van der Waals surface area contributed by atoms with E-state index >= 15 is 0 Å². The third-order valence-corrected chi connectivity index (χ3v) is 5.59. The van der Waals surface area contributed by atoms with E-state index in [1.165, 1.54) is 0 Å². The molecule has 0 amide bonds. The van der Waals surface area contributed by atoms with Gasteiger partial charge in [0.1, 0.15) is 0 Å². The molecular formula is C6H6F2O4P+. The lowest BCUT2D eigenvalue weighted by Crippen LogP contribution is -2.41. The number of carbonyl (C=O) groups is 2. The Hall–Kier alpha value is -0.770. The second-order valence-corrected chi connectivity index (χ2v) is 5.99. The van der Waals surface area contributed by atoms with Crippen molar-refractivity contribution in [2.24, 2.45) is 0 Å². The zero-order chi connectivity index (χ0) is 10.1. The molecule has 0 N–H and O–H groups in total. The molecule has 2 fully saturated rings. The highest BCUT2D eigenvalue weighted by Gasteiger charge is 3.08. The van der Waals surface area contributed by atoms with Gasteiger partial charge >= 0.3 is 30.5 Å². The molecule has 72 valence electrons. The van der Waals surface area contributed by atoms with Gasteiger partial charge in [-0.2, -0.15) is 0 Å². The van der Waals surface area contributed by atoms with Gasteiger partial charge in [0.05, 0.1) is 0 Å². The van der Waals surface area contributed by atoms with Gasteiger partial charge in [-0.15, -0.1) is 0 Å². The first-order chi connectivity index (χ1) is 5.76. The SMILES string of the molecule is CC12OC(=O)C(=O)OC1(C)[P+]2(F)F. The average molecular weight is 211 g/mol. The van der Waals surface area contributed by atoms with Crippen molar-refractivity contribution in [3.63, 3.8) is 0 Å². The van der Waals surface area contributed by atoms with Crippen LogP contribution in [0.25, 0.3) is 0 Å². The molecule has 0 aliphatic carbocycles. The smallest absolute Gasteiger partial charge is 0.402 e. The van der Waals surface area contributed by atoms with Crippen molar-refractivity contribution in [1.82, 2.24) is 0 Å². The first-order valence-electron chi connectivity index (χ1n) is 3.51. The first kappa shape index (κ1) is 8.81. The molecule has 0 aromatic rings. The van der Waals surface area contributed by atoms with Crippen LogP contribution in [0.2, 0.25) is 0 Å². The number of esters is 2. The topological polar surface area (TPSA) is 52.6 Å². The van der Waals surface area contributed by atoms with E-state index in [1.54, 1.807) is 0 Å². The van der Waals surface area contributed by atoms with Gasteiger partial charge in [-0.1, -0.05) is 0 Å². The van der Waals surface area contributed by atoms with Gasteiger partial charge in [0.25, 0.3) is 0 Å². The van der Waals surface area contributed by atoms with Crippen LogP contribution in [0.4, 0.5) is 8.39 Å². The molecule has 0 radical (unpaired) electrons. The molecule has 2 saturated heterocycles. The lowest BCUT2D eigenvalue weighted by atomic mass is 10.2. The maximum absolute atomic E-state index is 13.2. The maximum Gasteiger partial charge on any atom is 0.491 e. The molecule has 0 bridgehead atoms. The van der Waals surface area contributed by atoms with Gasteiger partial charge in [-0.25, -0.2) is 9.59 Å². The van der Waals surface area contributed by atoms with Crippen molar-refractivity contribution in [2.75, 3.05) is 0 Å². The van der Waals surface area contributed by atoms with Crippen molar-refractivity contribution in [3.8, 4) is 0 Å². The first-order valence-corrected chi connectivity index (χ1v) is 5.08. The van der Waals surface area contributed by atoms with Crippen LogP contribution in [-0.2, 0) is 19.1 Å². The fraction of sp³-hybridized carbons (Fsp3) is 0.667. The van der Waals surface area contributed by atoms with Crippen molar-refractivity contribution in [3.05, 3.63) is 0 Å². The van der Waals surface area contributed by atoms with Crippen LogP contribution < -0.4 is 0 Å². The van der Waals surface area contributed by atoms with Crippen LogP contribution in [0.15, 0.2) is 0 Å². The normalized spacial score (nSPS) is 46.2. The lowest BCUT2D eigenvalue weighted by molar-refractivity contribution is -0.191. The minimum absolute atomic E-state index is 1.09. The molecule has 4 nitrogen and oxygen atoms in total. The predicted octanol–water partition coefficient (Wildman–Crippen LogP) is 1.32. The minimum Gasteiger partial charge on any atom is -0.402 e. The number of hydrogen-bond acceptors (Lipinski definition) is 4. The molecule has 2 rings (SSSR count). The summed E-state index contributed by atoms with van der Waals surface area (Å²) in [6, 6.07) is 0. The molecular weight excluding hydrogens is 205 g/mol. The summed E-state index contributed by atoms with van der Waals surface area (Å²) in [5.41, 5.74) is 0. The van der Waals surface area contributed by atoms with Gasteiger partial charge in [0.15, 0.2) is 0 Å². The van der Waals surface area contributed by atoms with E-state index in [9.17, 15) is 18.0 Å². The number of carbonyl (C=O) groups excluding carboxylic acids is 2. The predicted molar refractivity (Wildman–Crippen MR) is 38.1 cm³/mol. The van der Waals surface area contributed by atoms with Gasteiger partial charge in [-0.3, -0.25) is 0 Å². The number of halogens is 2. The highest BCUT2D eigenvalue weighted by molar-refractivity contribution is 7.77. The second-order valence-electron chi connectivity index (χ2n) is 3.26. The number of hydrogen-bond donors (Lipinski definition) is 0. The molecule has 0 aromatic heterocycles. The van der Waals surface area contributed by atoms with Gasteiger partial charge in [0.2, 0.25) is 0 Å². The monoisotopic (exact) mass is 211 g/mol. The fourth-order valence-corrected chi connectivity index (χ4v) is 3.43. The summed E-state index contributed by atoms with van der Waals surface area (Å²) in [6.07, 6.45) is 0. The third kappa shape index (κ3) is 0.655. The quantitative estimate of drug-likeness (QED) is 0.344. The zero-order valence-electron chi connectivity index (χ0n) is 6.84. The number of rotatable bonds is 0. The van der Waals surface area contributed by atoms with Crippen LogP contribution in [0.3, 0.4) is 0 Å². The molecule has 2 heterocycles. The maximum atomic E-state index is 13.2. The van der Waals surface area contributed by atoms with Crippen molar-refractivity contribution < 1.29 is 27.5 Å². The highest BCUT2D eigenvalue weighted by Crippen LogP contribution is 3.00. The van der Waals surface area contributed by atoms with Crippen molar-refractivity contribution in [1.29, 1.82) is 0 Å². The fourth-order valence-electron chi connectivity index (χ4n) is 1.40. The van der Waals surface area contributed by atoms with Gasteiger partial charge in [0, 0.05) is 13.8 Å². The van der Waals surface area contributed by atoms with Crippen molar-refractivity contribution in [2.45, 2.75) is 24.5 Å². The largest absolute Gasteiger partial charge is 0.491 e. The van der Waals surface area contributed by atoms with E-state index in [2.05, 4.69) is 9.47 Å². The number of ether oxygens (including phenoxy) is 2. The molecule has 2 atom stereocenters. The third-order valence-electron chi connectivity index (χ3n) is 2.63.